The van der Waals surface area contributed by atoms with Gasteiger partial charge in [-0.1, -0.05) is 26.2 Å². The molecule has 0 unspecified atom stereocenters. The van der Waals surface area contributed by atoms with E-state index in [-0.39, 0.29) is 28.3 Å². The van der Waals surface area contributed by atoms with Crippen molar-refractivity contribution in [3.63, 3.8) is 0 Å². The average Bonchev–Trinajstić information content (AvgIpc) is 2.67. The van der Waals surface area contributed by atoms with E-state index in [2.05, 4.69) is 16.9 Å². The Bertz CT molecular complexity index is 1080. The zero-order valence-corrected chi connectivity index (χ0v) is 15.1. The molecular formula is C20H20FN5O. The van der Waals surface area contributed by atoms with Gasteiger partial charge in [-0.3, -0.25) is 4.79 Å². The highest BCUT2D eigenvalue weighted by atomic mass is 19.1. The van der Waals surface area contributed by atoms with Crippen molar-refractivity contribution in [3.05, 3.63) is 52.3 Å². The van der Waals surface area contributed by atoms with Gasteiger partial charge in [-0.2, -0.15) is 5.26 Å². The molecule has 0 saturated heterocycles. The fraction of sp³-hybridized carbons (Fsp3) is 0.300. The number of halogens is 1. The SMILES string of the molecule is CCCCCCn1ccc2cc(-c3ncc(C#N)c(N)n3)c(F)cc2c1=O. The molecule has 0 aliphatic heterocycles. The summed E-state index contributed by atoms with van der Waals surface area (Å²) in [7, 11) is 0. The minimum absolute atomic E-state index is 0.00973. The van der Waals surface area contributed by atoms with E-state index in [4.69, 9.17) is 11.0 Å². The van der Waals surface area contributed by atoms with Crippen LogP contribution in [0.2, 0.25) is 0 Å². The molecule has 3 aromatic rings. The number of nitriles is 1. The quantitative estimate of drug-likeness (QED) is 0.673. The number of pyridine rings is 1. The lowest BCUT2D eigenvalue weighted by Crippen LogP contribution is -2.19. The largest absolute Gasteiger partial charge is 0.382 e. The van der Waals surface area contributed by atoms with Crippen molar-refractivity contribution in [1.82, 2.24) is 14.5 Å². The number of anilines is 1. The first-order valence-corrected chi connectivity index (χ1v) is 8.90. The van der Waals surface area contributed by atoms with Crippen molar-refractivity contribution < 1.29 is 4.39 Å². The normalized spacial score (nSPS) is 10.9. The minimum atomic E-state index is -0.604. The van der Waals surface area contributed by atoms with Gasteiger partial charge in [-0.15, -0.1) is 0 Å². The molecular weight excluding hydrogens is 345 g/mol. The standard InChI is InChI=1S/C20H20FN5O/c1-2-3-4-5-7-26-8-6-13-9-16(17(21)10-15(13)20(26)27)19-24-12-14(11-22)18(23)25-19/h6,8-10,12H,2-5,7H2,1H3,(H2,23,24,25). The van der Waals surface area contributed by atoms with E-state index in [9.17, 15) is 9.18 Å². The molecule has 2 heterocycles. The maximum Gasteiger partial charge on any atom is 0.258 e. The van der Waals surface area contributed by atoms with Gasteiger partial charge in [0.05, 0.1) is 17.1 Å². The van der Waals surface area contributed by atoms with E-state index < -0.39 is 5.82 Å². The van der Waals surface area contributed by atoms with Gasteiger partial charge >= 0.3 is 0 Å². The highest BCUT2D eigenvalue weighted by molar-refractivity contribution is 5.86. The fourth-order valence-electron chi connectivity index (χ4n) is 2.97. The molecule has 0 aliphatic rings. The Morgan fingerprint density at radius 1 is 1.30 bits per heavy atom. The second kappa shape index (κ2) is 7.96. The van der Waals surface area contributed by atoms with Crippen molar-refractivity contribution in [3.8, 4) is 17.5 Å². The first kappa shape index (κ1) is 18.5. The van der Waals surface area contributed by atoms with Crippen LogP contribution in [-0.2, 0) is 6.54 Å². The van der Waals surface area contributed by atoms with Crippen molar-refractivity contribution in [2.45, 2.75) is 39.2 Å². The van der Waals surface area contributed by atoms with Gasteiger partial charge in [0.2, 0.25) is 0 Å². The number of nitrogens with two attached hydrogens (primary N) is 1. The fourth-order valence-corrected chi connectivity index (χ4v) is 2.97. The highest BCUT2D eigenvalue weighted by Gasteiger charge is 2.14. The molecule has 0 bridgehead atoms. The number of rotatable bonds is 6. The van der Waals surface area contributed by atoms with Crippen LogP contribution in [-0.4, -0.2) is 14.5 Å². The summed E-state index contributed by atoms with van der Waals surface area (Å²) in [4.78, 5) is 20.6. The molecule has 2 N–H and O–H groups in total. The van der Waals surface area contributed by atoms with E-state index >= 15 is 0 Å². The predicted molar refractivity (Wildman–Crippen MR) is 102 cm³/mol. The van der Waals surface area contributed by atoms with Gasteiger partial charge in [-0.05, 0) is 30.0 Å². The highest BCUT2D eigenvalue weighted by Crippen LogP contribution is 2.25. The summed E-state index contributed by atoms with van der Waals surface area (Å²) in [6.45, 7) is 2.75. The second-order valence-corrected chi connectivity index (χ2v) is 6.40. The van der Waals surface area contributed by atoms with Crippen LogP contribution in [0.1, 0.15) is 38.2 Å². The number of benzene rings is 1. The summed E-state index contributed by atoms with van der Waals surface area (Å²) in [6.07, 6.45) is 7.22. The number of nitrogens with zero attached hydrogens (tertiary/aromatic N) is 4. The Labute approximate surface area is 156 Å². The third-order valence-corrected chi connectivity index (χ3v) is 4.50. The molecule has 0 spiro atoms. The Hall–Kier alpha value is -3.27. The number of hydrogen-bond acceptors (Lipinski definition) is 5. The third-order valence-electron chi connectivity index (χ3n) is 4.50. The molecule has 0 saturated carbocycles. The van der Waals surface area contributed by atoms with E-state index in [0.717, 1.165) is 25.7 Å². The zero-order valence-electron chi connectivity index (χ0n) is 15.1. The molecule has 1 aromatic carbocycles. The Kier molecular flexibility index (Phi) is 5.46. The summed E-state index contributed by atoms with van der Waals surface area (Å²) in [5, 5.41) is 9.82. The molecule has 0 aliphatic carbocycles. The molecule has 7 heteroatoms. The van der Waals surface area contributed by atoms with Gasteiger partial charge in [0, 0.05) is 12.7 Å². The number of hydrogen-bond donors (Lipinski definition) is 1. The van der Waals surface area contributed by atoms with Crippen molar-refractivity contribution in [1.29, 1.82) is 5.26 Å². The molecule has 0 fully saturated rings. The smallest absolute Gasteiger partial charge is 0.258 e. The summed E-state index contributed by atoms with van der Waals surface area (Å²) < 4.78 is 16.3. The van der Waals surface area contributed by atoms with E-state index in [1.54, 1.807) is 16.8 Å². The molecule has 0 radical (unpaired) electrons. The lowest BCUT2D eigenvalue weighted by Gasteiger charge is -2.09. The first-order valence-electron chi connectivity index (χ1n) is 8.90. The van der Waals surface area contributed by atoms with E-state index in [0.29, 0.717) is 17.3 Å². The summed E-state index contributed by atoms with van der Waals surface area (Å²) >= 11 is 0. The van der Waals surface area contributed by atoms with Crippen LogP contribution in [0.4, 0.5) is 10.2 Å². The molecule has 6 nitrogen and oxygen atoms in total. The molecule has 3 rings (SSSR count). The van der Waals surface area contributed by atoms with Crippen LogP contribution in [0.5, 0.6) is 0 Å². The van der Waals surface area contributed by atoms with E-state index in [1.807, 2.05) is 6.07 Å². The summed E-state index contributed by atoms with van der Waals surface area (Å²) in [5.41, 5.74) is 5.75. The average molecular weight is 365 g/mol. The van der Waals surface area contributed by atoms with Crippen LogP contribution in [0.3, 0.4) is 0 Å². The molecule has 0 atom stereocenters. The first-order chi connectivity index (χ1) is 13.0. The Morgan fingerprint density at radius 2 is 2.11 bits per heavy atom. The molecule has 2 aromatic heterocycles. The Balaban J connectivity index is 1.99. The maximum absolute atomic E-state index is 14.6. The predicted octanol–water partition coefficient (Wildman–Crippen LogP) is 3.63. The second-order valence-electron chi connectivity index (χ2n) is 6.40. The lowest BCUT2D eigenvalue weighted by molar-refractivity contribution is 0.572. The number of aromatic nitrogens is 3. The summed E-state index contributed by atoms with van der Waals surface area (Å²) in [6, 6.07) is 6.40. The van der Waals surface area contributed by atoms with Gasteiger partial charge in [0.1, 0.15) is 23.3 Å². The van der Waals surface area contributed by atoms with E-state index in [1.165, 1.54) is 18.3 Å². The van der Waals surface area contributed by atoms with Gasteiger partial charge in [0.25, 0.3) is 5.56 Å². The number of unbranched alkanes of at least 4 members (excludes halogenated alkanes) is 3. The lowest BCUT2D eigenvalue weighted by atomic mass is 10.1. The number of nitrogen functional groups attached to an aromatic ring is 1. The van der Waals surface area contributed by atoms with Crippen LogP contribution < -0.4 is 11.3 Å². The van der Waals surface area contributed by atoms with Crippen molar-refractivity contribution in [2.24, 2.45) is 0 Å². The van der Waals surface area contributed by atoms with Crippen LogP contribution in [0.25, 0.3) is 22.2 Å². The van der Waals surface area contributed by atoms with Crippen molar-refractivity contribution in [2.75, 3.05) is 5.73 Å². The molecule has 138 valence electrons. The Morgan fingerprint density at radius 3 is 2.81 bits per heavy atom. The zero-order chi connectivity index (χ0) is 19.4. The van der Waals surface area contributed by atoms with Gasteiger partial charge < -0.3 is 10.3 Å². The van der Waals surface area contributed by atoms with Gasteiger partial charge in [-0.25, -0.2) is 14.4 Å². The third kappa shape index (κ3) is 3.80. The van der Waals surface area contributed by atoms with Crippen LogP contribution in [0.15, 0.2) is 35.4 Å². The van der Waals surface area contributed by atoms with Crippen LogP contribution >= 0.6 is 0 Å². The van der Waals surface area contributed by atoms with Crippen molar-refractivity contribution >= 4 is 16.6 Å². The molecule has 27 heavy (non-hydrogen) atoms. The van der Waals surface area contributed by atoms with Crippen LogP contribution in [0, 0.1) is 17.1 Å². The minimum Gasteiger partial charge on any atom is -0.382 e. The van der Waals surface area contributed by atoms with Gasteiger partial charge in [0.15, 0.2) is 5.82 Å². The topological polar surface area (TPSA) is 97.6 Å². The summed E-state index contributed by atoms with van der Waals surface area (Å²) in [5.74, 6) is -0.536. The number of fused-ring (bicyclic) bond motifs is 1. The maximum atomic E-state index is 14.6. The number of aryl methyl sites for hydroxylation is 1. The monoisotopic (exact) mass is 365 g/mol. The molecule has 0 amide bonds.